The number of rotatable bonds is 4. The summed E-state index contributed by atoms with van der Waals surface area (Å²) in [6, 6.07) is 0. The molecule has 1 nitrogen and oxygen atoms in total. The monoisotopic (exact) mass is 195 g/mol. The van der Waals surface area contributed by atoms with E-state index in [4.69, 9.17) is 4.74 Å². The smallest absolute Gasteiger partial charge is 0.0627 e. The molecule has 1 aliphatic carbocycles. The minimum absolute atomic E-state index is 0.241. The van der Waals surface area contributed by atoms with Crippen molar-refractivity contribution >= 4 is 0 Å². The van der Waals surface area contributed by atoms with Gasteiger partial charge < -0.3 is 4.74 Å². The zero-order valence-corrected chi connectivity index (χ0v) is 10.0. The molecule has 0 unspecified atom stereocenters. The van der Waals surface area contributed by atoms with Crippen LogP contribution in [-0.4, -0.2) is 12.2 Å². The van der Waals surface area contributed by atoms with E-state index in [9.17, 15) is 0 Å². The van der Waals surface area contributed by atoms with Crippen LogP contribution >= 0.6 is 0 Å². The second-order valence-corrected chi connectivity index (χ2v) is 5.65. The Morgan fingerprint density at radius 1 is 1.50 bits per heavy atom. The van der Waals surface area contributed by atoms with Gasteiger partial charge in [-0.3, -0.25) is 0 Å². The quantitative estimate of drug-likeness (QED) is 0.621. The summed E-state index contributed by atoms with van der Waals surface area (Å²) in [7, 11) is 0. The molecule has 1 heteroatoms. The molecule has 0 N–H and O–H groups in total. The molecule has 14 heavy (non-hydrogen) atoms. The SMILES string of the molecule is [CH2]C(C)(C)OCCC1=CC(C)(C)CC1. The summed E-state index contributed by atoms with van der Waals surface area (Å²) in [6.07, 6.45) is 6.01. The molecule has 0 aromatic heterocycles. The first-order chi connectivity index (χ1) is 6.29. The van der Waals surface area contributed by atoms with Gasteiger partial charge in [-0.25, -0.2) is 0 Å². The third kappa shape index (κ3) is 4.28. The predicted molar refractivity (Wildman–Crippen MR) is 61.1 cm³/mol. The van der Waals surface area contributed by atoms with Gasteiger partial charge in [0, 0.05) is 0 Å². The van der Waals surface area contributed by atoms with E-state index in [-0.39, 0.29) is 5.60 Å². The first-order valence-corrected chi connectivity index (χ1v) is 5.48. The van der Waals surface area contributed by atoms with Gasteiger partial charge in [0.05, 0.1) is 12.2 Å². The third-order valence-corrected chi connectivity index (χ3v) is 2.60. The van der Waals surface area contributed by atoms with E-state index in [1.54, 1.807) is 5.57 Å². The lowest BCUT2D eigenvalue weighted by atomic mass is 9.94. The number of ether oxygens (including phenoxy) is 1. The van der Waals surface area contributed by atoms with Gasteiger partial charge in [0.2, 0.25) is 0 Å². The average Bonchev–Trinajstić information content (AvgIpc) is 2.27. The van der Waals surface area contributed by atoms with Crippen molar-refractivity contribution in [3.63, 3.8) is 0 Å². The molecule has 0 aliphatic heterocycles. The van der Waals surface area contributed by atoms with Crippen LogP contribution in [0.4, 0.5) is 0 Å². The van der Waals surface area contributed by atoms with Crippen LogP contribution in [0.15, 0.2) is 11.6 Å². The average molecular weight is 195 g/mol. The Labute approximate surface area is 88.5 Å². The van der Waals surface area contributed by atoms with Crippen LogP contribution in [0.1, 0.15) is 47.0 Å². The molecule has 0 saturated heterocycles. The fourth-order valence-electron chi connectivity index (χ4n) is 1.84. The van der Waals surface area contributed by atoms with E-state index in [1.165, 1.54) is 12.8 Å². The molecule has 1 rings (SSSR count). The summed E-state index contributed by atoms with van der Waals surface area (Å²) in [4.78, 5) is 0. The molecule has 0 saturated carbocycles. The minimum Gasteiger partial charge on any atom is -0.375 e. The maximum atomic E-state index is 5.61. The largest absolute Gasteiger partial charge is 0.375 e. The summed E-state index contributed by atoms with van der Waals surface area (Å²) >= 11 is 0. The Morgan fingerprint density at radius 3 is 2.57 bits per heavy atom. The van der Waals surface area contributed by atoms with Crippen molar-refractivity contribution in [2.24, 2.45) is 5.41 Å². The van der Waals surface area contributed by atoms with Crippen molar-refractivity contribution in [1.82, 2.24) is 0 Å². The lowest BCUT2D eigenvalue weighted by Gasteiger charge is -2.19. The maximum absolute atomic E-state index is 5.61. The van der Waals surface area contributed by atoms with Gasteiger partial charge in [-0.1, -0.05) is 25.5 Å². The first-order valence-electron chi connectivity index (χ1n) is 5.48. The van der Waals surface area contributed by atoms with Crippen LogP contribution in [0.2, 0.25) is 0 Å². The van der Waals surface area contributed by atoms with Crippen LogP contribution in [-0.2, 0) is 4.74 Å². The topological polar surface area (TPSA) is 9.23 Å². The van der Waals surface area contributed by atoms with Crippen LogP contribution in [0.5, 0.6) is 0 Å². The van der Waals surface area contributed by atoms with E-state index in [1.807, 2.05) is 13.8 Å². The van der Waals surface area contributed by atoms with Gasteiger partial charge in [0.15, 0.2) is 0 Å². The summed E-state index contributed by atoms with van der Waals surface area (Å²) in [5, 5.41) is 0. The van der Waals surface area contributed by atoms with Gasteiger partial charge in [-0.15, -0.1) is 0 Å². The lowest BCUT2D eigenvalue weighted by molar-refractivity contribution is 0.0192. The Hall–Kier alpha value is -0.300. The fourth-order valence-corrected chi connectivity index (χ4v) is 1.84. The van der Waals surface area contributed by atoms with E-state index in [0.29, 0.717) is 5.41 Å². The number of allylic oxidation sites excluding steroid dienone is 1. The highest BCUT2D eigenvalue weighted by Crippen LogP contribution is 2.36. The van der Waals surface area contributed by atoms with Gasteiger partial charge in [-0.2, -0.15) is 0 Å². The van der Waals surface area contributed by atoms with E-state index in [0.717, 1.165) is 13.0 Å². The normalized spacial score (nSPS) is 21.1. The second-order valence-electron chi connectivity index (χ2n) is 5.65. The molecule has 81 valence electrons. The molecule has 1 radical (unpaired) electrons. The Kier molecular flexibility index (Phi) is 3.41. The highest BCUT2D eigenvalue weighted by atomic mass is 16.5. The van der Waals surface area contributed by atoms with Crippen molar-refractivity contribution in [3.05, 3.63) is 18.6 Å². The summed E-state index contributed by atoms with van der Waals surface area (Å²) < 4.78 is 5.61. The molecule has 0 atom stereocenters. The molecule has 0 aromatic rings. The van der Waals surface area contributed by atoms with Crippen molar-refractivity contribution in [1.29, 1.82) is 0 Å². The van der Waals surface area contributed by atoms with Crippen LogP contribution in [0.3, 0.4) is 0 Å². The summed E-state index contributed by atoms with van der Waals surface area (Å²) in [6.45, 7) is 13.3. The maximum Gasteiger partial charge on any atom is 0.0627 e. The molecule has 0 aromatic carbocycles. The zero-order valence-electron chi connectivity index (χ0n) is 10.0. The van der Waals surface area contributed by atoms with Gasteiger partial charge in [0.1, 0.15) is 0 Å². The molecule has 1 aliphatic rings. The predicted octanol–water partition coefficient (Wildman–Crippen LogP) is 3.75. The molecule has 0 fully saturated rings. The molecule has 0 heterocycles. The Balaban J connectivity index is 2.27. The molecule has 0 bridgehead atoms. The Morgan fingerprint density at radius 2 is 2.14 bits per heavy atom. The van der Waals surface area contributed by atoms with Crippen LogP contribution in [0.25, 0.3) is 0 Å². The summed E-state index contributed by atoms with van der Waals surface area (Å²) in [5.74, 6) is 0. The van der Waals surface area contributed by atoms with Crippen molar-refractivity contribution in [2.45, 2.75) is 52.6 Å². The number of hydrogen-bond donors (Lipinski definition) is 0. The fraction of sp³-hybridized carbons (Fsp3) is 0.769. The highest BCUT2D eigenvalue weighted by molar-refractivity contribution is 5.14. The highest BCUT2D eigenvalue weighted by Gasteiger charge is 2.22. The van der Waals surface area contributed by atoms with Crippen LogP contribution in [0, 0.1) is 12.3 Å². The molecular weight excluding hydrogens is 172 g/mol. The van der Waals surface area contributed by atoms with Gasteiger partial charge >= 0.3 is 0 Å². The van der Waals surface area contributed by atoms with E-state index < -0.39 is 0 Å². The molecule has 0 spiro atoms. The van der Waals surface area contributed by atoms with E-state index >= 15 is 0 Å². The zero-order chi connectivity index (χ0) is 10.8. The van der Waals surface area contributed by atoms with E-state index in [2.05, 4.69) is 26.8 Å². The molecular formula is C13H23O. The van der Waals surface area contributed by atoms with Crippen molar-refractivity contribution in [2.75, 3.05) is 6.61 Å². The summed E-state index contributed by atoms with van der Waals surface area (Å²) in [5.41, 5.74) is 1.73. The standard InChI is InChI=1S/C13H23O/c1-12(2,3)14-9-7-11-6-8-13(4,5)10-11/h10H,1,6-9H2,2-5H3. The third-order valence-electron chi connectivity index (χ3n) is 2.60. The van der Waals surface area contributed by atoms with Crippen molar-refractivity contribution < 1.29 is 4.74 Å². The number of hydrogen-bond acceptors (Lipinski definition) is 1. The lowest BCUT2D eigenvalue weighted by Crippen LogP contribution is -2.20. The van der Waals surface area contributed by atoms with Crippen molar-refractivity contribution in [3.8, 4) is 0 Å². The van der Waals surface area contributed by atoms with Crippen LogP contribution < -0.4 is 0 Å². The first kappa shape index (κ1) is 11.8. The Bertz CT molecular complexity index is 218. The molecule has 0 amide bonds. The van der Waals surface area contributed by atoms with Gasteiger partial charge in [-0.05, 0) is 45.4 Å². The minimum atomic E-state index is -0.241. The van der Waals surface area contributed by atoms with Gasteiger partial charge in [0.25, 0.3) is 0 Å². The second kappa shape index (κ2) is 4.06.